The number of nitrogens with zero attached hydrogens (tertiary/aromatic N) is 2. The van der Waals surface area contributed by atoms with Gasteiger partial charge in [0, 0.05) is 12.0 Å². The van der Waals surface area contributed by atoms with Crippen LogP contribution in [0.3, 0.4) is 0 Å². The van der Waals surface area contributed by atoms with Gasteiger partial charge in [0.2, 0.25) is 13.6 Å². The van der Waals surface area contributed by atoms with Crippen LogP contribution in [0.2, 0.25) is 0 Å². The highest BCUT2D eigenvalue weighted by atomic mass is 16.7. The second-order valence-electron chi connectivity index (χ2n) is 11.4. The van der Waals surface area contributed by atoms with Crippen molar-refractivity contribution in [2.45, 2.75) is 50.7 Å². The summed E-state index contributed by atoms with van der Waals surface area (Å²) in [6.07, 6.45) is -0.291. The normalized spacial score (nSPS) is 22.3. The van der Waals surface area contributed by atoms with E-state index in [0.717, 1.165) is 5.56 Å². The number of ketones is 1. The third kappa shape index (κ3) is 4.96. The molecular formula is C33H34N2O7. The van der Waals surface area contributed by atoms with Gasteiger partial charge in [-0.05, 0) is 68.3 Å². The van der Waals surface area contributed by atoms with Gasteiger partial charge in [0.15, 0.2) is 34.6 Å². The average molecular weight is 571 g/mol. The Labute approximate surface area is 245 Å². The zero-order chi connectivity index (χ0) is 29.5. The molecule has 0 unspecified atom stereocenters. The maximum atomic E-state index is 13.7. The molecule has 0 saturated carbocycles. The van der Waals surface area contributed by atoms with Crippen molar-refractivity contribution in [3.05, 3.63) is 83.4 Å². The predicted octanol–water partition coefficient (Wildman–Crippen LogP) is 5.60. The number of nitriles is 1. The number of ether oxygens (including phenoxy) is 6. The fraction of sp³-hybridized carbons (Fsp3) is 0.394. The summed E-state index contributed by atoms with van der Waals surface area (Å²) >= 11 is 0. The van der Waals surface area contributed by atoms with E-state index >= 15 is 0 Å². The number of carbonyl (C=O) groups excluding carboxylic acids is 1. The first kappa shape index (κ1) is 28.0. The van der Waals surface area contributed by atoms with E-state index in [1.807, 2.05) is 81.2 Å². The minimum absolute atomic E-state index is 0.0991. The lowest BCUT2D eigenvalue weighted by Gasteiger charge is -2.51. The number of fused-ring (bicyclic) bond motifs is 2. The Bertz CT molecular complexity index is 1520. The van der Waals surface area contributed by atoms with Crippen molar-refractivity contribution in [3.63, 3.8) is 0 Å². The quantitative estimate of drug-likeness (QED) is 0.321. The van der Waals surface area contributed by atoms with Gasteiger partial charge in [-0.1, -0.05) is 43.3 Å². The fourth-order valence-electron chi connectivity index (χ4n) is 6.14. The fourth-order valence-corrected chi connectivity index (χ4v) is 6.14. The summed E-state index contributed by atoms with van der Waals surface area (Å²) in [6, 6.07) is 22.9. The Morgan fingerprint density at radius 2 is 1.62 bits per heavy atom. The number of rotatable bonds is 8. The van der Waals surface area contributed by atoms with Gasteiger partial charge >= 0.3 is 0 Å². The van der Waals surface area contributed by atoms with Crippen molar-refractivity contribution < 1.29 is 33.2 Å². The van der Waals surface area contributed by atoms with E-state index in [9.17, 15) is 10.1 Å². The summed E-state index contributed by atoms with van der Waals surface area (Å²) in [7, 11) is 1.90. The van der Waals surface area contributed by atoms with Crippen LogP contribution in [0, 0.1) is 17.2 Å². The molecule has 3 aromatic carbocycles. The molecule has 218 valence electrons. The van der Waals surface area contributed by atoms with Gasteiger partial charge in [0.1, 0.15) is 11.6 Å². The molecule has 0 amide bonds. The lowest BCUT2D eigenvalue weighted by atomic mass is 9.74. The minimum Gasteiger partial charge on any atom is -0.454 e. The van der Waals surface area contributed by atoms with Gasteiger partial charge in [-0.15, -0.1) is 0 Å². The highest BCUT2D eigenvalue weighted by Crippen LogP contribution is 2.46. The van der Waals surface area contributed by atoms with Crippen molar-refractivity contribution >= 4 is 5.78 Å². The van der Waals surface area contributed by atoms with Crippen LogP contribution < -0.4 is 18.9 Å². The Morgan fingerprint density at radius 1 is 0.976 bits per heavy atom. The molecule has 1 fully saturated rings. The van der Waals surface area contributed by atoms with Crippen LogP contribution in [0.15, 0.2) is 66.7 Å². The average Bonchev–Trinajstić information content (AvgIpc) is 3.66. The minimum atomic E-state index is -1.27. The van der Waals surface area contributed by atoms with Gasteiger partial charge in [-0.25, -0.2) is 0 Å². The highest BCUT2D eigenvalue weighted by molar-refractivity contribution is 5.97. The Hall–Kier alpha value is -4.10. The number of benzene rings is 3. The molecule has 3 aliphatic heterocycles. The SMILES string of the molecule is C[C@@H](CC(=O)c1ccc2c(c1)OCO2)[C@@](C#N)(c1ccc2c(c1)OCO2)N(C)[C@@H]1COC(C)(C)O[C@@H]1c1ccccc1. The van der Waals surface area contributed by atoms with E-state index in [1.54, 1.807) is 18.2 Å². The molecule has 1 saturated heterocycles. The van der Waals surface area contributed by atoms with Gasteiger partial charge in [0.05, 0.1) is 18.7 Å². The molecule has 0 radical (unpaired) electrons. The molecule has 0 bridgehead atoms. The Balaban J connectivity index is 1.40. The predicted molar refractivity (Wildman–Crippen MR) is 152 cm³/mol. The molecule has 0 aromatic heterocycles. The molecule has 4 atom stereocenters. The summed E-state index contributed by atoms with van der Waals surface area (Å²) in [6.45, 7) is 6.27. The summed E-state index contributed by atoms with van der Waals surface area (Å²) in [4.78, 5) is 15.7. The number of likely N-dealkylation sites (N-methyl/N-ethyl adjacent to an activating group) is 1. The summed E-state index contributed by atoms with van der Waals surface area (Å²) in [5, 5.41) is 11.1. The molecular weight excluding hydrogens is 536 g/mol. The topological polar surface area (TPSA) is 99.5 Å². The third-order valence-electron chi connectivity index (χ3n) is 8.43. The molecule has 9 heteroatoms. The van der Waals surface area contributed by atoms with Crippen LogP contribution >= 0.6 is 0 Å². The summed E-state index contributed by atoms with van der Waals surface area (Å²) in [5.74, 6) is 0.948. The Kier molecular flexibility index (Phi) is 7.31. The van der Waals surface area contributed by atoms with Crippen molar-refractivity contribution in [2.24, 2.45) is 5.92 Å². The number of carbonyl (C=O) groups is 1. The molecule has 3 aromatic rings. The first-order valence-corrected chi connectivity index (χ1v) is 14.1. The van der Waals surface area contributed by atoms with Crippen LogP contribution in [-0.2, 0) is 15.0 Å². The van der Waals surface area contributed by atoms with Crippen LogP contribution in [0.25, 0.3) is 0 Å². The largest absolute Gasteiger partial charge is 0.454 e. The van der Waals surface area contributed by atoms with E-state index < -0.39 is 23.3 Å². The maximum Gasteiger partial charge on any atom is 0.231 e. The second kappa shape index (κ2) is 11.0. The maximum absolute atomic E-state index is 13.7. The monoisotopic (exact) mass is 570 g/mol. The number of hydrogen-bond acceptors (Lipinski definition) is 9. The lowest BCUT2D eigenvalue weighted by molar-refractivity contribution is -0.300. The molecule has 3 aliphatic rings. The number of Topliss-reactive ketones (excluding diaryl/α,β-unsaturated/α-hetero) is 1. The third-order valence-corrected chi connectivity index (χ3v) is 8.43. The van der Waals surface area contributed by atoms with E-state index in [1.165, 1.54) is 0 Å². The molecule has 0 spiro atoms. The molecule has 0 N–H and O–H groups in total. The van der Waals surface area contributed by atoms with E-state index in [2.05, 4.69) is 6.07 Å². The first-order chi connectivity index (χ1) is 20.2. The van der Waals surface area contributed by atoms with Crippen molar-refractivity contribution in [1.29, 1.82) is 5.26 Å². The molecule has 42 heavy (non-hydrogen) atoms. The zero-order valence-corrected chi connectivity index (χ0v) is 24.2. The summed E-state index contributed by atoms with van der Waals surface area (Å²) < 4.78 is 34.8. The van der Waals surface area contributed by atoms with E-state index in [0.29, 0.717) is 40.7 Å². The first-order valence-electron chi connectivity index (χ1n) is 14.1. The van der Waals surface area contributed by atoms with Gasteiger partial charge in [-0.2, -0.15) is 5.26 Å². The van der Waals surface area contributed by atoms with E-state index in [-0.39, 0.29) is 31.8 Å². The molecule has 6 rings (SSSR count). The van der Waals surface area contributed by atoms with Gasteiger partial charge < -0.3 is 28.4 Å². The number of hydrogen-bond donors (Lipinski definition) is 0. The van der Waals surface area contributed by atoms with Crippen LogP contribution in [0.5, 0.6) is 23.0 Å². The summed E-state index contributed by atoms with van der Waals surface area (Å²) in [5.41, 5.74) is 0.907. The van der Waals surface area contributed by atoms with E-state index in [4.69, 9.17) is 28.4 Å². The Morgan fingerprint density at radius 3 is 2.31 bits per heavy atom. The van der Waals surface area contributed by atoms with Crippen molar-refractivity contribution in [3.8, 4) is 29.1 Å². The molecule has 0 aliphatic carbocycles. The van der Waals surface area contributed by atoms with Crippen molar-refractivity contribution in [1.82, 2.24) is 4.90 Å². The zero-order valence-electron chi connectivity index (χ0n) is 24.2. The second-order valence-corrected chi connectivity index (χ2v) is 11.4. The molecule has 9 nitrogen and oxygen atoms in total. The lowest BCUT2D eigenvalue weighted by Crippen LogP contribution is -2.59. The smallest absolute Gasteiger partial charge is 0.231 e. The van der Waals surface area contributed by atoms with Gasteiger partial charge in [-0.3, -0.25) is 9.69 Å². The highest BCUT2D eigenvalue weighted by Gasteiger charge is 2.50. The van der Waals surface area contributed by atoms with Crippen LogP contribution in [0.4, 0.5) is 0 Å². The standard InChI is InChI=1S/C33H34N2O7/c1-21(14-26(36)23-10-12-27-29(15-23)39-19-37-27)33(18-34,24-11-13-28-30(16-24)40-20-38-28)35(4)25-17-41-32(2,3)42-31(25)22-8-6-5-7-9-22/h5-13,15-16,21,25,31H,14,17,19-20H2,1-4H3/t21-,25+,31+,33-/m0/s1. The van der Waals surface area contributed by atoms with Crippen LogP contribution in [0.1, 0.15) is 54.8 Å². The van der Waals surface area contributed by atoms with Crippen LogP contribution in [-0.4, -0.2) is 49.8 Å². The molecule has 3 heterocycles. The van der Waals surface area contributed by atoms with Gasteiger partial charge in [0.25, 0.3) is 0 Å². The van der Waals surface area contributed by atoms with Crippen molar-refractivity contribution in [2.75, 3.05) is 27.2 Å².